The number of nitrogens with one attached hydrogen (secondary N) is 1. The van der Waals surface area contributed by atoms with Crippen LogP contribution in [-0.2, 0) is 16.4 Å². The fourth-order valence-corrected chi connectivity index (χ4v) is 2.76. The summed E-state index contributed by atoms with van der Waals surface area (Å²) >= 11 is 0. The molecule has 2 rings (SSSR count). The number of para-hydroxylation sites is 1. The highest BCUT2D eigenvalue weighted by Crippen LogP contribution is 2.26. The van der Waals surface area contributed by atoms with Gasteiger partial charge in [-0.25, -0.2) is 8.42 Å². The standard InChI is InChI=1S/C15H18N2O2S/c1-11-6-8-12(9-7-11)10-17-13-4-3-5-14(15(13)16)20(2,18)19/h3-9,17H,10,16H2,1-2H3. The molecule has 0 spiro atoms. The van der Waals surface area contributed by atoms with Gasteiger partial charge in [0.2, 0.25) is 0 Å². The first-order valence-electron chi connectivity index (χ1n) is 6.26. The summed E-state index contributed by atoms with van der Waals surface area (Å²) in [6, 6.07) is 13.1. The van der Waals surface area contributed by atoms with Crippen molar-refractivity contribution in [3.63, 3.8) is 0 Å². The molecule has 0 atom stereocenters. The third-order valence-electron chi connectivity index (χ3n) is 3.07. The average molecular weight is 290 g/mol. The molecule has 20 heavy (non-hydrogen) atoms. The topological polar surface area (TPSA) is 72.2 Å². The first-order valence-corrected chi connectivity index (χ1v) is 8.15. The van der Waals surface area contributed by atoms with Gasteiger partial charge in [-0.15, -0.1) is 0 Å². The number of benzene rings is 2. The van der Waals surface area contributed by atoms with Crippen molar-refractivity contribution in [1.29, 1.82) is 0 Å². The van der Waals surface area contributed by atoms with E-state index in [1.165, 1.54) is 11.6 Å². The quantitative estimate of drug-likeness (QED) is 0.849. The van der Waals surface area contributed by atoms with Gasteiger partial charge in [0.05, 0.1) is 16.3 Å². The minimum absolute atomic E-state index is 0.159. The van der Waals surface area contributed by atoms with E-state index in [-0.39, 0.29) is 10.6 Å². The molecule has 2 aromatic carbocycles. The first kappa shape index (κ1) is 14.4. The molecule has 0 radical (unpaired) electrons. The molecule has 106 valence electrons. The Morgan fingerprint density at radius 2 is 1.75 bits per heavy atom. The van der Waals surface area contributed by atoms with E-state index < -0.39 is 9.84 Å². The fraction of sp³-hybridized carbons (Fsp3) is 0.200. The van der Waals surface area contributed by atoms with Gasteiger partial charge in [0.15, 0.2) is 9.84 Å². The van der Waals surface area contributed by atoms with Gasteiger partial charge in [0.25, 0.3) is 0 Å². The summed E-state index contributed by atoms with van der Waals surface area (Å²) in [5.41, 5.74) is 9.13. The molecule has 3 N–H and O–H groups in total. The van der Waals surface area contributed by atoms with Gasteiger partial charge in [-0.3, -0.25) is 0 Å². The van der Waals surface area contributed by atoms with Crippen molar-refractivity contribution in [2.45, 2.75) is 18.4 Å². The Hall–Kier alpha value is -2.01. The van der Waals surface area contributed by atoms with Crippen LogP contribution in [-0.4, -0.2) is 14.7 Å². The number of nitrogen functional groups attached to an aromatic ring is 1. The zero-order valence-corrected chi connectivity index (χ0v) is 12.4. The minimum Gasteiger partial charge on any atom is -0.396 e. The van der Waals surface area contributed by atoms with Crippen LogP contribution < -0.4 is 11.1 Å². The predicted molar refractivity (Wildman–Crippen MR) is 82.5 cm³/mol. The molecule has 0 fully saturated rings. The third-order valence-corrected chi connectivity index (χ3v) is 4.22. The second kappa shape index (κ2) is 5.54. The van der Waals surface area contributed by atoms with Crippen LogP contribution in [0.1, 0.15) is 11.1 Å². The Morgan fingerprint density at radius 3 is 2.35 bits per heavy atom. The van der Waals surface area contributed by atoms with Crippen LogP contribution >= 0.6 is 0 Å². The smallest absolute Gasteiger partial charge is 0.177 e. The van der Waals surface area contributed by atoms with E-state index in [2.05, 4.69) is 5.32 Å². The lowest BCUT2D eigenvalue weighted by atomic mass is 10.1. The number of rotatable bonds is 4. The average Bonchev–Trinajstić information content (AvgIpc) is 2.38. The lowest BCUT2D eigenvalue weighted by molar-refractivity contribution is 0.602. The molecular weight excluding hydrogens is 272 g/mol. The molecule has 0 amide bonds. The maximum Gasteiger partial charge on any atom is 0.177 e. The van der Waals surface area contributed by atoms with Crippen LogP contribution in [0.15, 0.2) is 47.4 Å². The maximum atomic E-state index is 11.6. The molecule has 2 aromatic rings. The van der Waals surface area contributed by atoms with Crippen LogP contribution in [0.5, 0.6) is 0 Å². The molecule has 0 aliphatic rings. The summed E-state index contributed by atoms with van der Waals surface area (Å²) < 4.78 is 23.2. The zero-order valence-electron chi connectivity index (χ0n) is 11.6. The number of hydrogen-bond acceptors (Lipinski definition) is 4. The van der Waals surface area contributed by atoms with E-state index in [0.717, 1.165) is 11.8 Å². The van der Waals surface area contributed by atoms with E-state index in [1.807, 2.05) is 31.2 Å². The molecule has 0 aliphatic heterocycles. The molecule has 0 saturated carbocycles. The van der Waals surface area contributed by atoms with E-state index in [9.17, 15) is 8.42 Å². The first-order chi connectivity index (χ1) is 9.38. The van der Waals surface area contributed by atoms with Gasteiger partial charge >= 0.3 is 0 Å². The van der Waals surface area contributed by atoms with Crippen LogP contribution in [0.4, 0.5) is 11.4 Å². The summed E-state index contributed by atoms with van der Waals surface area (Å²) in [6.45, 7) is 2.63. The summed E-state index contributed by atoms with van der Waals surface area (Å²) in [4.78, 5) is 0.159. The van der Waals surface area contributed by atoms with Gasteiger partial charge in [-0.2, -0.15) is 0 Å². The van der Waals surface area contributed by atoms with Crippen LogP contribution in [0.3, 0.4) is 0 Å². The molecule has 0 aliphatic carbocycles. The van der Waals surface area contributed by atoms with Gasteiger partial charge in [-0.1, -0.05) is 35.9 Å². The summed E-state index contributed by atoms with van der Waals surface area (Å²) in [6.07, 6.45) is 1.16. The van der Waals surface area contributed by atoms with Crippen LogP contribution in [0.2, 0.25) is 0 Å². The van der Waals surface area contributed by atoms with Gasteiger partial charge < -0.3 is 11.1 Å². The highest BCUT2D eigenvalue weighted by molar-refractivity contribution is 7.90. The monoisotopic (exact) mass is 290 g/mol. The number of sulfone groups is 1. The number of nitrogens with two attached hydrogens (primary N) is 1. The molecule has 0 heterocycles. The molecule has 4 nitrogen and oxygen atoms in total. The lowest BCUT2D eigenvalue weighted by Gasteiger charge is -2.12. The van der Waals surface area contributed by atoms with Crippen molar-refractivity contribution in [2.75, 3.05) is 17.3 Å². The summed E-state index contributed by atoms with van der Waals surface area (Å²) in [5, 5.41) is 3.17. The lowest BCUT2D eigenvalue weighted by Crippen LogP contribution is -2.07. The number of hydrogen-bond donors (Lipinski definition) is 2. The Morgan fingerprint density at radius 1 is 1.10 bits per heavy atom. The van der Waals surface area contributed by atoms with Crippen molar-refractivity contribution in [2.24, 2.45) is 0 Å². The largest absolute Gasteiger partial charge is 0.396 e. The van der Waals surface area contributed by atoms with E-state index in [1.54, 1.807) is 12.1 Å². The molecule has 0 aromatic heterocycles. The van der Waals surface area contributed by atoms with E-state index >= 15 is 0 Å². The summed E-state index contributed by atoms with van der Waals surface area (Å²) in [5.74, 6) is 0. The second-order valence-electron chi connectivity index (χ2n) is 4.83. The molecule has 0 unspecified atom stereocenters. The van der Waals surface area contributed by atoms with Crippen molar-refractivity contribution in [3.8, 4) is 0 Å². The molecule has 5 heteroatoms. The molecule has 0 saturated heterocycles. The van der Waals surface area contributed by atoms with Gasteiger partial charge in [0, 0.05) is 12.8 Å². The van der Waals surface area contributed by atoms with E-state index in [0.29, 0.717) is 12.2 Å². The molecule has 0 bridgehead atoms. The second-order valence-corrected chi connectivity index (χ2v) is 6.81. The van der Waals surface area contributed by atoms with Crippen molar-refractivity contribution < 1.29 is 8.42 Å². The molecular formula is C15H18N2O2S. The summed E-state index contributed by atoms with van der Waals surface area (Å²) in [7, 11) is -3.31. The maximum absolute atomic E-state index is 11.6. The van der Waals surface area contributed by atoms with Gasteiger partial charge in [0.1, 0.15) is 0 Å². The van der Waals surface area contributed by atoms with Gasteiger partial charge in [-0.05, 0) is 24.6 Å². The fourth-order valence-electron chi connectivity index (χ4n) is 1.92. The van der Waals surface area contributed by atoms with Crippen molar-refractivity contribution in [1.82, 2.24) is 0 Å². The normalized spacial score (nSPS) is 11.3. The Balaban J connectivity index is 2.20. The third kappa shape index (κ3) is 3.30. The SMILES string of the molecule is Cc1ccc(CNc2cccc(S(C)(=O)=O)c2N)cc1. The van der Waals surface area contributed by atoms with Crippen LogP contribution in [0.25, 0.3) is 0 Å². The zero-order chi connectivity index (χ0) is 14.8. The Labute approximate surface area is 119 Å². The highest BCUT2D eigenvalue weighted by atomic mass is 32.2. The predicted octanol–water partition coefficient (Wildman–Crippen LogP) is 2.59. The van der Waals surface area contributed by atoms with Crippen molar-refractivity contribution >= 4 is 21.2 Å². The minimum atomic E-state index is -3.31. The Bertz CT molecular complexity index is 707. The Kier molecular flexibility index (Phi) is 3.99. The van der Waals surface area contributed by atoms with E-state index in [4.69, 9.17) is 5.73 Å². The number of aryl methyl sites for hydroxylation is 1. The van der Waals surface area contributed by atoms with Crippen LogP contribution in [0, 0.1) is 6.92 Å². The highest BCUT2D eigenvalue weighted by Gasteiger charge is 2.13. The number of anilines is 2. The van der Waals surface area contributed by atoms with Crippen molar-refractivity contribution in [3.05, 3.63) is 53.6 Å².